The lowest BCUT2D eigenvalue weighted by Crippen LogP contribution is -2.49. The molecule has 0 aliphatic rings. The van der Waals surface area contributed by atoms with Crippen LogP contribution in [0.1, 0.15) is 19.4 Å². The Morgan fingerprint density at radius 3 is 2.35 bits per heavy atom. The van der Waals surface area contributed by atoms with Gasteiger partial charge in [0, 0.05) is 0 Å². The van der Waals surface area contributed by atoms with Crippen LogP contribution in [0.5, 0.6) is 0 Å². The molecule has 1 aromatic carbocycles. The Morgan fingerprint density at radius 2 is 1.88 bits per heavy atom. The van der Waals surface area contributed by atoms with Gasteiger partial charge in [0.25, 0.3) is 0 Å². The number of aliphatic hydroxyl groups is 1. The average Bonchev–Trinajstić information content (AvgIpc) is 2.30. The summed E-state index contributed by atoms with van der Waals surface area (Å²) in [6.45, 7) is 2.14. The van der Waals surface area contributed by atoms with Gasteiger partial charge in [-0.2, -0.15) is 8.78 Å². The molecule has 0 spiro atoms. The van der Waals surface area contributed by atoms with E-state index in [-0.39, 0.29) is 12.2 Å². The molecular formula is C12H14F2O3. The monoisotopic (exact) mass is 244 g/mol. The van der Waals surface area contributed by atoms with Crippen molar-refractivity contribution in [2.24, 2.45) is 0 Å². The van der Waals surface area contributed by atoms with Crippen LogP contribution >= 0.6 is 0 Å². The van der Waals surface area contributed by atoms with Crippen LogP contribution in [0.4, 0.5) is 8.78 Å². The third-order valence-electron chi connectivity index (χ3n) is 2.48. The van der Waals surface area contributed by atoms with E-state index < -0.39 is 17.5 Å². The fourth-order valence-electron chi connectivity index (χ4n) is 1.36. The van der Waals surface area contributed by atoms with Gasteiger partial charge >= 0.3 is 11.9 Å². The van der Waals surface area contributed by atoms with Crippen molar-refractivity contribution in [3.8, 4) is 0 Å². The molecule has 1 atom stereocenters. The number of carbonyl (C=O) groups is 1. The molecule has 94 valence electrons. The minimum atomic E-state index is -4.00. The Bertz CT molecular complexity index is 388. The molecule has 1 rings (SSSR count). The highest BCUT2D eigenvalue weighted by atomic mass is 19.3. The van der Waals surface area contributed by atoms with Crippen molar-refractivity contribution in [2.45, 2.75) is 25.4 Å². The highest BCUT2D eigenvalue weighted by Gasteiger charge is 2.57. The van der Waals surface area contributed by atoms with Gasteiger partial charge in [0.15, 0.2) is 5.60 Å². The summed E-state index contributed by atoms with van der Waals surface area (Å²) in [6, 6.07) is 7.29. The number of benzene rings is 1. The zero-order valence-electron chi connectivity index (χ0n) is 9.61. The molecule has 0 aromatic heterocycles. The van der Waals surface area contributed by atoms with Crippen LogP contribution in [0.2, 0.25) is 0 Å². The minimum Gasteiger partial charge on any atom is -0.461 e. The summed E-state index contributed by atoms with van der Waals surface area (Å²) in [5.74, 6) is -5.72. The van der Waals surface area contributed by atoms with Crippen LogP contribution in [-0.2, 0) is 15.1 Å². The normalized spacial score (nSPS) is 15.1. The van der Waals surface area contributed by atoms with Gasteiger partial charge in [-0.05, 0) is 19.4 Å². The predicted octanol–water partition coefficient (Wildman–Crippen LogP) is 2.09. The third-order valence-corrected chi connectivity index (χ3v) is 2.48. The maximum atomic E-state index is 13.7. The van der Waals surface area contributed by atoms with Crippen LogP contribution < -0.4 is 0 Å². The molecular weight excluding hydrogens is 230 g/mol. The lowest BCUT2D eigenvalue weighted by molar-refractivity contribution is -0.212. The highest BCUT2D eigenvalue weighted by molar-refractivity contribution is 5.79. The standard InChI is InChI=1S/C12H14F2O3/c1-3-17-10(15)12(13,14)11(2,16)9-7-5-4-6-8-9/h4-8,16H,3H2,1-2H3. The molecule has 1 N–H and O–H groups in total. The molecule has 3 nitrogen and oxygen atoms in total. The predicted molar refractivity (Wildman–Crippen MR) is 57.6 cm³/mol. The molecule has 0 saturated heterocycles. The average molecular weight is 244 g/mol. The van der Waals surface area contributed by atoms with E-state index in [1.165, 1.54) is 31.2 Å². The van der Waals surface area contributed by atoms with E-state index in [1.807, 2.05) is 0 Å². The van der Waals surface area contributed by atoms with E-state index in [0.717, 1.165) is 6.92 Å². The number of esters is 1. The van der Waals surface area contributed by atoms with E-state index in [1.54, 1.807) is 6.07 Å². The number of hydrogen-bond acceptors (Lipinski definition) is 3. The summed E-state index contributed by atoms with van der Waals surface area (Å²) in [7, 11) is 0. The first-order chi connectivity index (χ1) is 7.84. The summed E-state index contributed by atoms with van der Waals surface area (Å²) < 4.78 is 31.8. The van der Waals surface area contributed by atoms with Crippen LogP contribution in [0.25, 0.3) is 0 Å². The van der Waals surface area contributed by atoms with Crippen LogP contribution in [0, 0.1) is 0 Å². The van der Waals surface area contributed by atoms with Crippen molar-refractivity contribution in [3.05, 3.63) is 35.9 Å². The summed E-state index contributed by atoms with van der Waals surface area (Å²) in [4.78, 5) is 11.2. The van der Waals surface area contributed by atoms with Gasteiger partial charge in [0.05, 0.1) is 6.61 Å². The summed E-state index contributed by atoms with van der Waals surface area (Å²) >= 11 is 0. The van der Waals surface area contributed by atoms with Gasteiger partial charge in [-0.25, -0.2) is 4.79 Å². The summed E-state index contributed by atoms with van der Waals surface area (Å²) in [5, 5.41) is 9.86. The molecule has 0 fully saturated rings. The summed E-state index contributed by atoms with van der Waals surface area (Å²) in [6.07, 6.45) is 0. The first kappa shape index (κ1) is 13.6. The molecule has 5 heteroatoms. The number of carbonyl (C=O) groups excluding carboxylic acids is 1. The Kier molecular flexibility index (Phi) is 3.83. The number of halogens is 2. The van der Waals surface area contributed by atoms with E-state index in [4.69, 9.17) is 0 Å². The fourth-order valence-corrected chi connectivity index (χ4v) is 1.36. The zero-order valence-corrected chi connectivity index (χ0v) is 9.61. The topological polar surface area (TPSA) is 46.5 Å². The largest absolute Gasteiger partial charge is 0.461 e. The molecule has 1 aromatic rings. The third kappa shape index (κ3) is 2.44. The number of hydrogen-bond donors (Lipinski definition) is 1. The Balaban J connectivity index is 3.08. The Morgan fingerprint density at radius 1 is 1.35 bits per heavy atom. The molecule has 0 amide bonds. The second-order valence-corrected chi connectivity index (χ2v) is 3.73. The van der Waals surface area contributed by atoms with Gasteiger partial charge < -0.3 is 9.84 Å². The van der Waals surface area contributed by atoms with Crippen molar-refractivity contribution in [2.75, 3.05) is 6.61 Å². The van der Waals surface area contributed by atoms with E-state index >= 15 is 0 Å². The molecule has 0 radical (unpaired) electrons. The van der Waals surface area contributed by atoms with Gasteiger partial charge in [0.2, 0.25) is 0 Å². The second-order valence-electron chi connectivity index (χ2n) is 3.73. The second kappa shape index (κ2) is 4.79. The SMILES string of the molecule is CCOC(=O)C(F)(F)C(C)(O)c1ccccc1. The maximum absolute atomic E-state index is 13.7. The van der Waals surface area contributed by atoms with Crippen molar-refractivity contribution in [1.82, 2.24) is 0 Å². The van der Waals surface area contributed by atoms with Crippen molar-refractivity contribution in [3.63, 3.8) is 0 Å². The van der Waals surface area contributed by atoms with Gasteiger partial charge in [-0.1, -0.05) is 30.3 Å². The van der Waals surface area contributed by atoms with Crippen molar-refractivity contribution < 1.29 is 23.4 Å². The lowest BCUT2D eigenvalue weighted by atomic mass is 9.89. The van der Waals surface area contributed by atoms with Gasteiger partial charge in [0.1, 0.15) is 0 Å². The number of alkyl halides is 2. The molecule has 0 aliphatic heterocycles. The molecule has 1 unspecified atom stereocenters. The maximum Gasteiger partial charge on any atom is 0.380 e. The zero-order chi connectivity index (χ0) is 13.1. The smallest absolute Gasteiger partial charge is 0.380 e. The quantitative estimate of drug-likeness (QED) is 0.825. The molecule has 17 heavy (non-hydrogen) atoms. The van der Waals surface area contributed by atoms with Crippen LogP contribution in [0.3, 0.4) is 0 Å². The van der Waals surface area contributed by atoms with Crippen LogP contribution in [0.15, 0.2) is 30.3 Å². The molecule has 0 aliphatic carbocycles. The van der Waals surface area contributed by atoms with Crippen molar-refractivity contribution >= 4 is 5.97 Å². The number of ether oxygens (including phenoxy) is 1. The molecule has 0 saturated carbocycles. The van der Waals surface area contributed by atoms with E-state index in [0.29, 0.717) is 0 Å². The highest BCUT2D eigenvalue weighted by Crippen LogP contribution is 2.38. The fraction of sp³-hybridized carbons (Fsp3) is 0.417. The van der Waals surface area contributed by atoms with Gasteiger partial charge in [-0.15, -0.1) is 0 Å². The first-order valence-electron chi connectivity index (χ1n) is 5.17. The summed E-state index contributed by atoms with van der Waals surface area (Å²) in [5.41, 5.74) is -2.64. The first-order valence-corrected chi connectivity index (χ1v) is 5.17. The molecule has 0 bridgehead atoms. The number of rotatable bonds is 4. The minimum absolute atomic E-state index is 0.0435. The van der Waals surface area contributed by atoms with Crippen molar-refractivity contribution in [1.29, 1.82) is 0 Å². The van der Waals surface area contributed by atoms with Crippen LogP contribution in [-0.4, -0.2) is 23.6 Å². The lowest BCUT2D eigenvalue weighted by Gasteiger charge is -2.30. The van der Waals surface area contributed by atoms with E-state index in [2.05, 4.69) is 4.74 Å². The Hall–Kier alpha value is -1.49. The molecule has 0 heterocycles. The Labute approximate surface area is 98.0 Å². The van der Waals surface area contributed by atoms with E-state index in [9.17, 15) is 18.7 Å². The van der Waals surface area contributed by atoms with Gasteiger partial charge in [-0.3, -0.25) is 0 Å².